The van der Waals surface area contributed by atoms with Crippen molar-refractivity contribution in [1.29, 1.82) is 0 Å². The highest BCUT2D eigenvalue weighted by Crippen LogP contribution is 2.55. The summed E-state index contributed by atoms with van der Waals surface area (Å²) in [5, 5.41) is 3.63. The highest BCUT2D eigenvalue weighted by molar-refractivity contribution is 7.25. The Bertz CT molecular complexity index is 2910. The molecule has 0 N–H and O–H groups in total. The average Bonchev–Trinajstić information content (AvgIpc) is 4.07. The second-order valence-corrected chi connectivity index (χ2v) is 16.3. The highest BCUT2D eigenvalue weighted by atomic mass is 32.1. The maximum absolute atomic E-state index is 6.71. The molecule has 0 fully saturated rings. The zero-order valence-electron chi connectivity index (χ0n) is 32.5. The van der Waals surface area contributed by atoms with Gasteiger partial charge in [0.25, 0.3) is 0 Å². The predicted molar refractivity (Wildman–Crippen MR) is 255 cm³/mol. The smallest absolute Gasteiger partial charge is 0.423 e. The summed E-state index contributed by atoms with van der Waals surface area (Å²) in [5.41, 5.74) is 12.5. The Labute approximate surface area is 353 Å². The standard InChI is InChI=1S/C52H36B2N4OS/c1-5-17-41(18-6-1)55-49-45-25-13-15-27-47(45)59-51(49)57(43-21-9-3-10-22-43)53(55)39-33-29-37(30-34-39)38-31-35-40(36-32-38)54-56(42-19-7-2-8-20-42)50-46-26-14-16-28-48(46)60-52(50)58(54)44-23-11-4-12-24-44/h1-36H. The van der Waals surface area contributed by atoms with Crippen LogP contribution in [0.4, 0.5) is 45.0 Å². The molecule has 8 heteroatoms. The van der Waals surface area contributed by atoms with Gasteiger partial charge >= 0.3 is 14.0 Å². The van der Waals surface area contributed by atoms with E-state index in [1.165, 1.54) is 54.2 Å². The van der Waals surface area contributed by atoms with Crippen LogP contribution in [-0.4, -0.2) is 14.0 Å². The van der Waals surface area contributed by atoms with Crippen molar-refractivity contribution >= 4 is 102 Å². The van der Waals surface area contributed by atoms with Crippen LogP contribution in [0.5, 0.6) is 0 Å². The normalized spacial score (nSPS) is 13.5. The Morgan fingerprint density at radius 2 is 0.767 bits per heavy atom. The molecule has 5 nitrogen and oxygen atoms in total. The summed E-state index contributed by atoms with van der Waals surface area (Å²) in [6.45, 7) is -0.244. The molecule has 0 saturated carbocycles. The van der Waals surface area contributed by atoms with E-state index in [1.807, 2.05) is 17.4 Å². The molecule has 0 radical (unpaired) electrons. The molecule has 0 spiro atoms. The van der Waals surface area contributed by atoms with Crippen LogP contribution in [0.1, 0.15) is 0 Å². The lowest BCUT2D eigenvalue weighted by Gasteiger charge is -2.31. The molecule has 2 aliphatic rings. The van der Waals surface area contributed by atoms with E-state index in [-0.39, 0.29) is 14.0 Å². The molecule has 282 valence electrons. The van der Waals surface area contributed by atoms with Crippen LogP contribution < -0.4 is 30.2 Å². The number of hydrogen-bond acceptors (Lipinski definition) is 6. The first-order valence-electron chi connectivity index (χ1n) is 20.4. The van der Waals surface area contributed by atoms with Crippen molar-refractivity contribution in [2.45, 2.75) is 0 Å². The predicted octanol–water partition coefficient (Wildman–Crippen LogP) is 12.7. The van der Waals surface area contributed by atoms with E-state index < -0.39 is 0 Å². The minimum absolute atomic E-state index is 0.0748. The largest absolute Gasteiger partial charge is 0.439 e. The number of furan rings is 1. The van der Waals surface area contributed by atoms with Gasteiger partial charge in [-0.3, -0.25) is 0 Å². The highest BCUT2D eigenvalue weighted by Gasteiger charge is 2.48. The third-order valence-electron chi connectivity index (χ3n) is 11.9. The van der Waals surface area contributed by atoms with Gasteiger partial charge in [-0.25, -0.2) is 0 Å². The van der Waals surface area contributed by atoms with Crippen LogP contribution in [0.3, 0.4) is 0 Å². The average molecular weight is 787 g/mol. The summed E-state index contributed by atoms with van der Waals surface area (Å²) in [4.78, 5) is 9.81. The number of thiophene rings is 1. The van der Waals surface area contributed by atoms with Crippen molar-refractivity contribution in [3.05, 3.63) is 218 Å². The van der Waals surface area contributed by atoms with Crippen LogP contribution in [0.25, 0.3) is 32.2 Å². The van der Waals surface area contributed by atoms with E-state index in [1.54, 1.807) is 0 Å². The third-order valence-corrected chi connectivity index (χ3v) is 13.0. The number of hydrogen-bond donors (Lipinski definition) is 0. The van der Waals surface area contributed by atoms with E-state index in [0.717, 1.165) is 33.9 Å². The molecular weight excluding hydrogens is 750 g/mol. The van der Waals surface area contributed by atoms with Gasteiger partial charge in [0.1, 0.15) is 16.3 Å². The van der Waals surface area contributed by atoms with Crippen LogP contribution in [-0.2, 0) is 0 Å². The Hall–Kier alpha value is -7.41. The molecule has 8 aromatic carbocycles. The summed E-state index contributed by atoms with van der Waals surface area (Å²) in [5.74, 6) is 0.847. The topological polar surface area (TPSA) is 26.1 Å². The van der Waals surface area contributed by atoms with Gasteiger partial charge in [0.2, 0.25) is 5.88 Å². The van der Waals surface area contributed by atoms with Crippen molar-refractivity contribution in [1.82, 2.24) is 0 Å². The van der Waals surface area contributed by atoms with E-state index in [9.17, 15) is 0 Å². The molecule has 2 aromatic heterocycles. The van der Waals surface area contributed by atoms with Crippen molar-refractivity contribution in [3.63, 3.8) is 0 Å². The molecule has 0 saturated heterocycles. The third kappa shape index (κ3) is 5.49. The number of anilines is 8. The molecule has 0 aliphatic carbocycles. The molecule has 4 heterocycles. The van der Waals surface area contributed by atoms with Crippen LogP contribution in [0.2, 0.25) is 0 Å². The van der Waals surface area contributed by atoms with Gasteiger partial charge in [-0.1, -0.05) is 152 Å². The van der Waals surface area contributed by atoms with Gasteiger partial charge in [-0.05, 0) is 88.8 Å². The summed E-state index contributed by atoms with van der Waals surface area (Å²) < 4.78 is 8.00. The van der Waals surface area contributed by atoms with Gasteiger partial charge in [0, 0.05) is 38.2 Å². The van der Waals surface area contributed by atoms with E-state index >= 15 is 0 Å². The van der Waals surface area contributed by atoms with Crippen molar-refractivity contribution in [2.75, 3.05) is 19.2 Å². The first-order valence-corrected chi connectivity index (χ1v) is 21.2. The van der Waals surface area contributed by atoms with E-state index in [0.29, 0.717) is 0 Å². The molecule has 0 atom stereocenters. The second kappa shape index (κ2) is 14.2. The minimum Gasteiger partial charge on any atom is -0.439 e. The number of benzene rings is 8. The zero-order valence-corrected chi connectivity index (χ0v) is 33.4. The molecule has 0 amide bonds. The first kappa shape index (κ1) is 34.6. The Balaban J connectivity index is 0.938. The molecule has 60 heavy (non-hydrogen) atoms. The molecule has 0 bridgehead atoms. The number of para-hydroxylation sites is 5. The van der Waals surface area contributed by atoms with Crippen molar-refractivity contribution in [3.8, 4) is 11.1 Å². The summed E-state index contributed by atoms with van der Waals surface area (Å²) >= 11 is 1.86. The fourth-order valence-electron chi connectivity index (χ4n) is 9.23. The quantitative estimate of drug-likeness (QED) is 0.150. The Morgan fingerprint density at radius 3 is 1.32 bits per heavy atom. The van der Waals surface area contributed by atoms with E-state index in [2.05, 4.69) is 232 Å². The fourth-order valence-corrected chi connectivity index (χ4v) is 10.5. The maximum Gasteiger partial charge on any atom is 0.423 e. The fraction of sp³-hybridized carbons (Fsp3) is 0. The molecule has 0 unspecified atom stereocenters. The monoisotopic (exact) mass is 786 g/mol. The van der Waals surface area contributed by atoms with Crippen molar-refractivity contribution in [2.24, 2.45) is 0 Å². The van der Waals surface area contributed by atoms with E-state index in [4.69, 9.17) is 4.42 Å². The number of nitrogens with zero attached hydrogens (tertiary/aromatic N) is 4. The maximum atomic E-state index is 6.71. The summed E-state index contributed by atoms with van der Waals surface area (Å²) in [7, 11) is 0. The Morgan fingerprint density at radius 1 is 0.350 bits per heavy atom. The minimum atomic E-state index is -0.169. The number of rotatable bonds is 7. The first-order chi connectivity index (χ1) is 29.8. The summed E-state index contributed by atoms with van der Waals surface area (Å²) in [6.07, 6.45) is 0. The lowest BCUT2D eigenvalue weighted by atomic mass is 9.64. The lowest BCUT2D eigenvalue weighted by molar-refractivity contribution is 0.628. The van der Waals surface area contributed by atoms with Crippen LogP contribution in [0.15, 0.2) is 223 Å². The van der Waals surface area contributed by atoms with Gasteiger partial charge in [-0.15, -0.1) is 11.3 Å². The lowest BCUT2D eigenvalue weighted by Crippen LogP contribution is -2.53. The summed E-state index contributed by atoms with van der Waals surface area (Å²) in [6, 6.07) is 78.3. The molecular formula is C52H36B2N4OS. The number of fused-ring (bicyclic) bond motifs is 6. The van der Waals surface area contributed by atoms with Crippen LogP contribution >= 0.6 is 11.3 Å². The van der Waals surface area contributed by atoms with Gasteiger partial charge < -0.3 is 23.7 Å². The van der Waals surface area contributed by atoms with Gasteiger partial charge in [-0.2, -0.15) is 0 Å². The van der Waals surface area contributed by atoms with Gasteiger partial charge in [0.15, 0.2) is 0 Å². The molecule has 12 rings (SSSR count). The Kier molecular flexibility index (Phi) is 8.16. The molecule has 2 aliphatic heterocycles. The van der Waals surface area contributed by atoms with Crippen LogP contribution in [0, 0.1) is 0 Å². The van der Waals surface area contributed by atoms with Gasteiger partial charge in [0.05, 0.1) is 5.69 Å². The second-order valence-electron chi connectivity index (χ2n) is 15.3. The van der Waals surface area contributed by atoms with Crippen molar-refractivity contribution < 1.29 is 4.42 Å². The molecule has 10 aromatic rings. The SMILES string of the molecule is c1ccc(N2B(c3ccc(-c4ccc(B5N(c6ccccc6)c6sc7ccccc7c6N5c5ccccc5)cc4)cc3)N(c3ccccc3)c3c2oc2ccccc32)cc1. The zero-order chi connectivity index (χ0) is 39.6.